The van der Waals surface area contributed by atoms with E-state index >= 15 is 0 Å². The van der Waals surface area contributed by atoms with E-state index < -0.39 is 11.3 Å². The zero-order chi connectivity index (χ0) is 16.4. The lowest BCUT2D eigenvalue weighted by molar-refractivity contribution is 0.533. The van der Waals surface area contributed by atoms with Gasteiger partial charge in [-0.05, 0) is 24.6 Å². The topological polar surface area (TPSA) is 73.6 Å². The molecule has 0 amide bonds. The first kappa shape index (κ1) is 13.1. The molecule has 0 N–H and O–H groups in total. The van der Waals surface area contributed by atoms with Gasteiger partial charge in [-0.2, -0.15) is 0 Å². The molecule has 0 fully saturated rings. The van der Waals surface area contributed by atoms with Gasteiger partial charge in [0.05, 0.1) is 10.8 Å². The summed E-state index contributed by atoms with van der Waals surface area (Å²) in [4.78, 5) is 25.1. The number of hydrogen-bond acceptors (Lipinski definition) is 5. The van der Waals surface area contributed by atoms with E-state index in [0.29, 0.717) is 27.3 Å². The van der Waals surface area contributed by atoms with Gasteiger partial charge < -0.3 is 13.3 Å². The van der Waals surface area contributed by atoms with Crippen molar-refractivity contribution in [3.8, 4) is 0 Å². The minimum Gasteiger partial charge on any atom is -0.448 e. The van der Waals surface area contributed by atoms with Gasteiger partial charge in [0.1, 0.15) is 16.6 Å². The second-order valence-corrected chi connectivity index (χ2v) is 5.74. The highest BCUT2D eigenvalue weighted by atomic mass is 16.4. The van der Waals surface area contributed by atoms with Gasteiger partial charge in [0.25, 0.3) is 0 Å². The van der Waals surface area contributed by atoms with Gasteiger partial charge in [0.2, 0.25) is 5.58 Å². The molecular weight excluding hydrogens is 308 g/mol. The molecular formula is C19H10O5. The molecule has 24 heavy (non-hydrogen) atoms. The van der Waals surface area contributed by atoms with Crippen molar-refractivity contribution in [2.45, 2.75) is 6.92 Å². The SMILES string of the molecule is Cc1cccc2c1oc(=O)c1c2oc(=O)c2oc3ccccc3c21. The first-order valence-corrected chi connectivity index (χ1v) is 7.45. The summed E-state index contributed by atoms with van der Waals surface area (Å²) in [7, 11) is 0. The molecule has 0 aliphatic carbocycles. The molecule has 0 radical (unpaired) electrons. The molecule has 5 rings (SSSR count). The van der Waals surface area contributed by atoms with Crippen molar-refractivity contribution in [3.63, 3.8) is 0 Å². The molecule has 0 bridgehead atoms. The van der Waals surface area contributed by atoms with E-state index in [0.717, 1.165) is 5.56 Å². The summed E-state index contributed by atoms with van der Waals surface area (Å²) in [5.41, 5.74) is 0.846. The number of benzene rings is 2. The van der Waals surface area contributed by atoms with Gasteiger partial charge in [0, 0.05) is 5.39 Å². The van der Waals surface area contributed by atoms with Crippen molar-refractivity contribution in [2.75, 3.05) is 0 Å². The molecule has 0 aliphatic rings. The fraction of sp³-hybridized carbons (Fsp3) is 0.0526. The van der Waals surface area contributed by atoms with Crippen molar-refractivity contribution < 1.29 is 13.3 Å². The molecule has 5 heteroatoms. The van der Waals surface area contributed by atoms with Crippen molar-refractivity contribution in [2.24, 2.45) is 0 Å². The number of fused-ring (bicyclic) bond motifs is 7. The maximum Gasteiger partial charge on any atom is 0.380 e. The fourth-order valence-corrected chi connectivity index (χ4v) is 3.24. The van der Waals surface area contributed by atoms with Crippen molar-refractivity contribution >= 4 is 43.9 Å². The molecule has 0 unspecified atom stereocenters. The first-order chi connectivity index (χ1) is 11.6. The second kappa shape index (κ2) is 4.35. The third-order valence-electron chi connectivity index (χ3n) is 4.31. The molecule has 3 aromatic heterocycles. The van der Waals surface area contributed by atoms with Gasteiger partial charge >= 0.3 is 11.3 Å². The molecule has 0 aliphatic heterocycles. The monoisotopic (exact) mass is 318 g/mol. The Morgan fingerprint density at radius 3 is 2.29 bits per heavy atom. The van der Waals surface area contributed by atoms with Crippen LogP contribution < -0.4 is 11.3 Å². The molecule has 3 heterocycles. The third-order valence-corrected chi connectivity index (χ3v) is 4.31. The maximum absolute atomic E-state index is 12.6. The normalized spacial score (nSPS) is 11.9. The van der Waals surface area contributed by atoms with Crippen molar-refractivity contribution in [1.29, 1.82) is 0 Å². The largest absolute Gasteiger partial charge is 0.448 e. The Morgan fingerprint density at radius 2 is 1.42 bits per heavy atom. The molecule has 0 saturated carbocycles. The molecule has 0 spiro atoms. The van der Waals surface area contributed by atoms with E-state index in [1.807, 2.05) is 25.1 Å². The summed E-state index contributed by atoms with van der Waals surface area (Å²) in [6.07, 6.45) is 0. The van der Waals surface area contributed by atoms with E-state index in [2.05, 4.69) is 0 Å². The third kappa shape index (κ3) is 1.53. The molecule has 0 saturated heterocycles. The lowest BCUT2D eigenvalue weighted by atomic mass is 10.1. The molecule has 2 aromatic carbocycles. The van der Waals surface area contributed by atoms with E-state index in [1.165, 1.54) is 0 Å². The van der Waals surface area contributed by atoms with Crippen LogP contribution in [0.1, 0.15) is 5.56 Å². The number of hydrogen-bond donors (Lipinski definition) is 0. The summed E-state index contributed by atoms with van der Waals surface area (Å²) in [5, 5.41) is 1.94. The van der Waals surface area contributed by atoms with E-state index in [1.54, 1.807) is 24.3 Å². The first-order valence-electron chi connectivity index (χ1n) is 7.45. The van der Waals surface area contributed by atoms with Crippen LogP contribution in [-0.2, 0) is 0 Å². The van der Waals surface area contributed by atoms with Crippen LogP contribution in [0.4, 0.5) is 0 Å². The molecule has 5 nitrogen and oxygen atoms in total. The molecule has 5 aromatic rings. The van der Waals surface area contributed by atoms with Gasteiger partial charge in [-0.1, -0.05) is 30.3 Å². The van der Waals surface area contributed by atoms with E-state index in [9.17, 15) is 9.59 Å². The van der Waals surface area contributed by atoms with Gasteiger partial charge in [0.15, 0.2) is 5.58 Å². The standard InChI is InChI=1S/C19H10O5/c1-9-5-4-7-11-15(9)23-18(20)14-13-10-6-2-3-8-12(10)22-17(13)19(21)24-16(11)14/h2-8H,1H3. The Hall–Kier alpha value is -3.34. The van der Waals surface area contributed by atoms with Crippen LogP contribution in [0.25, 0.3) is 43.9 Å². The maximum atomic E-state index is 12.6. The Morgan fingerprint density at radius 1 is 0.667 bits per heavy atom. The van der Waals surface area contributed by atoms with Crippen molar-refractivity contribution in [3.05, 3.63) is 68.9 Å². The highest BCUT2D eigenvalue weighted by Crippen LogP contribution is 2.33. The average molecular weight is 318 g/mol. The number of rotatable bonds is 0. The van der Waals surface area contributed by atoms with Crippen LogP contribution in [0.5, 0.6) is 0 Å². The number of furan rings is 1. The summed E-state index contributed by atoms with van der Waals surface area (Å²) >= 11 is 0. The number of para-hydroxylation sites is 2. The quantitative estimate of drug-likeness (QED) is 0.317. The lowest BCUT2D eigenvalue weighted by Gasteiger charge is -2.03. The van der Waals surface area contributed by atoms with Crippen LogP contribution >= 0.6 is 0 Å². The predicted octanol–water partition coefficient (Wildman–Crippen LogP) is 4.11. The van der Waals surface area contributed by atoms with E-state index in [-0.39, 0.29) is 16.6 Å². The Balaban J connectivity index is 2.22. The minimum atomic E-state index is -0.609. The van der Waals surface area contributed by atoms with Gasteiger partial charge in [-0.15, -0.1) is 0 Å². The van der Waals surface area contributed by atoms with Crippen LogP contribution in [0.2, 0.25) is 0 Å². The highest BCUT2D eigenvalue weighted by Gasteiger charge is 2.21. The molecule has 0 atom stereocenters. The Labute approximate surface area is 133 Å². The summed E-state index contributed by atoms with van der Waals surface area (Å²) in [6, 6.07) is 12.6. The van der Waals surface area contributed by atoms with Crippen LogP contribution in [0, 0.1) is 6.92 Å². The molecule has 116 valence electrons. The fourth-order valence-electron chi connectivity index (χ4n) is 3.24. The lowest BCUT2D eigenvalue weighted by Crippen LogP contribution is -2.06. The smallest absolute Gasteiger partial charge is 0.380 e. The van der Waals surface area contributed by atoms with Crippen LogP contribution in [-0.4, -0.2) is 0 Å². The van der Waals surface area contributed by atoms with Crippen LogP contribution in [0.3, 0.4) is 0 Å². The zero-order valence-corrected chi connectivity index (χ0v) is 12.6. The van der Waals surface area contributed by atoms with Gasteiger partial charge in [-0.3, -0.25) is 0 Å². The average Bonchev–Trinajstić information content (AvgIpc) is 2.96. The van der Waals surface area contributed by atoms with E-state index in [4.69, 9.17) is 13.3 Å². The zero-order valence-electron chi connectivity index (χ0n) is 12.6. The van der Waals surface area contributed by atoms with Gasteiger partial charge in [-0.25, -0.2) is 9.59 Å². The summed E-state index contributed by atoms with van der Waals surface area (Å²) < 4.78 is 16.6. The second-order valence-electron chi connectivity index (χ2n) is 5.74. The highest BCUT2D eigenvalue weighted by molar-refractivity contribution is 6.20. The Bertz CT molecular complexity index is 1400. The van der Waals surface area contributed by atoms with Crippen molar-refractivity contribution in [1.82, 2.24) is 0 Å². The van der Waals surface area contributed by atoms with Crippen LogP contribution in [0.15, 0.2) is 65.3 Å². The predicted molar refractivity (Wildman–Crippen MR) is 90.5 cm³/mol. The minimum absolute atomic E-state index is 0.0306. The Kier molecular flexibility index (Phi) is 2.38. The number of aryl methyl sites for hydroxylation is 1. The summed E-state index contributed by atoms with van der Waals surface area (Å²) in [5.74, 6) is 0. The summed E-state index contributed by atoms with van der Waals surface area (Å²) in [6.45, 7) is 1.83.